The summed E-state index contributed by atoms with van der Waals surface area (Å²) in [5.41, 5.74) is -1.44. The third-order valence-electron chi connectivity index (χ3n) is 6.24. The van der Waals surface area contributed by atoms with Gasteiger partial charge in [-0.2, -0.15) is 0 Å². The molecule has 1 aliphatic rings. The molecule has 3 N–H and O–H groups in total. The van der Waals surface area contributed by atoms with Crippen LogP contribution >= 0.6 is 19.8 Å². The van der Waals surface area contributed by atoms with E-state index in [2.05, 4.69) is 9.73 Å². The van der Waals surface area contributed by atoms with Gasteiger partial charge in [-0.25, -0.2) is 9.59 Å². The topological polar surface area (TPSA) is 185 Å². The van der Waals surface area contributed by atoms with E-state index in [4.69, 9.17) is 30.3 Å². The zero-order valence-corrected chi connectivity index (χ0v) is 23.8. The van der Waals surface area contributed by atoms with Crippen molar-refractivity contribution in [3.8, 4) is 11.5 Å². The molecule has 42 heavy (non-hydrogen) atoms. The second-order valence-electron chi connectivity index (χ2n) is 9.16. The number of aliphatic hydroxyl groups is 2. The lowest BCUT2D eigenvalue weighted by Gasteiger charge is -2.28. The maximum Gasteiger partial charge on any atom is 0.395 e. The first kappa shape index (κ1) is 31.1. The van der Waals surface area contributed by atoms with Gasteiger partial charge in [-0.3, -0.25) is 18.9 Å². The molecule has 0 saturated carbocycles. The van der Waals surface area contributed by atoms with Gasteiger partial charge in [-0.15, -0.1) is 0 Å². The van der Waals surface area contributed by atoms with Crippen LogP contribution in [0.3, 0.4) is 0 Å². The summed E-state index contributed by atoms with van der Waals surface area (Å²) < 4.78 is 27.1. The second kappa shape index (κ2) is 13.9. The van der Waals surface area contributed by atoms with Crippen molar-refractivity contribution >= 4 is 25.7 Å². The maximum atomic E-state index is 12.6. The number of ether oxygens (including phenoxy) is 3. The standard InChI is InChI=1S/C27H27ClN3O10P/c1-17(25(35)38-15-18-7-3-2-4-8-18)30-42(37)41-20-10-6-5-9-19(20)39-16-27(12-13-28)23(34)22(33)24(40-27)31-14-11-21(32)29-26(31)36/h2-14,17,22-24,33-34H,15-16H2,1H3,(H,29,32,36)/t17-,22+,23-,24+,27+/m0/s1. The Morgan fingerprint density at radius 1 is 1.19 bits per heavy atom. The van der Waals surface area contributed by atoms with E-state index in [1.807, 2.05) is 18.2 Å². The molecule has 1 aromatic heterocycles. The lowest BCUT2D eigenvalue weighted by Crippen LogP contribution is -2.46. The highest BCUT2D eigenvalue weighted by atomic mass is 35.5. The predicted molar refractivity (Wildman–Crippen MR) is 149 cm³/mol. The van der Waals surface area contributed by atoms with Crippen LogP contribution in [0.5, 0.6) is 11.5 Å². The molecule has 15 heteroatoms. The second-order valence-corrected chi connectivity index (χ2v) is 10.3. The molecule has 2 heterocycles. The van der Waals surface area contributed by atoms with E-state index in [0.717, 1.165) is 27.9 Å². The van der Waals surface area contributed by atoms with Crippen molar-refractivity contribution in [1.82, 2.24) is 9.55 Å². The van der Waals surface area contributed by atoms with E-state index in [-0.39, 0.29) is 18.1 Å². The summed E-state index contributed by atoms with van der Waals surface area (Å²) in [4.78, 5) is 50.7. The van der Waals surface area contributed by atoms with Crippen LogP contribution in [0.4, 0.5) is 0 Å². The van der Waals surface area contributed by atoms with Crippen LogP contribution in [-0.4, -0.2) is 56.2 Å². The highest BCUT2D eigenvalue weighted by Gasteiger charge is 2.54. The Kier molecular flexibility index (Phi) is 10.3. The number of rotatable bonds is 11. The third-order valence-corrected chi connectivity index (χ3v) is 7.25. The van der Waals surface area contributed by atoms with Gasteiger partial charge in [0, 0.05) is 17.8 Å². The monoisotopic (exact) mass is 619 g/mol. The minimum Gasteiger partial charge on any atom is -0.575 e. The summed E-state index contributed by atoms with van der Waals surface area (Å²) in [7, 11) is -2.74. The average Bonchev–Trinajstić information content (AvgIpc) is 3.21. The van der Waals surface area contributed by atoms with E-state index in [9.17, 15) is 29.5 Å². The lowest BCUT2D eigenvalue weighted by atomic mass is 9.96. The van der Waals surface area contributed by atoms with Crippen LogP contribution in [0.1, 0.15) is 18.7 Å². The first-order valence-corrected chi connectivity index (χ1v) is 14.1. The van der Waals surface area contributed by atoms with Crippen LogP contribution in [0.2, 0.25) is 0 Å². The zero-order chi connectivity index (χ0) is 30.3. The molecule has 1 fully saturated rings. The fourth-order valence-corrected chi connectivity index (χ4v) is 5.01. The first-order valence-electron chi connectivity index (χ1n) is 12.6. The third kappa shape index (κ3) is 7.32. The maximum absolute atomic E-state index is 12.6. The molecule has 1 saturated heterocycles. The van der Waals surface area contributed by atoms with Crippen LogP contribution in [-0.2, 0) is 20.9 Å². The summed E-state index contributed by atoms with van der Waals surface area (Å²) >= 11 is 5.80. The Morgan fingerprint density at radius 2 is 1.88 bits per heavy atom. The van der Waals surface area contributed by atoms with Crippen molar-refractivity contribution in [3.63, 3.8) is 0 Å². The highest BCUT2D eigenvalue weighted by Crippen LogP contribution is 2.40. The molecule has 0 amide bonds. The van der Waals surface area contributed by atoms with Crippen molar-refractivity contribution in [2.45, 2.75) is 43.6 Å². The molecule has 0 radical (unpaired) electrons. The summed E-state index contributed by atoms with van der Waals surface area (Å²) in [5.74, 6) is -0.626. The number of benzene rings is 2. The summed E-state index contributed by atoms with van der Waals surface area (Å²) in [6.07, 6.45) is -2.29. The first-order chi connectivity index (χ1) is 20.1. The number of carbonyl (C=O) groups is 1. The van der Waals surface area contributed by atoms with E-state index in [1.165, 1.54) is 25.1 Å². The van der Waals surface area contributed by atoms with Crippen molar-refractivity contribution in [2.75, 3.05) is 6.61 Å². The van der Waals surface area contributed by atoms with Crippen LogP contribution in [0, 0.1) is 0 Å². The molecule has 4 rings (SSSR count). The molecule has 0 bridgehead atoms. The smallest absolute Gasteiger partial charge is 0.395 e. The number of aliphatic hydroxyl groups excluding tert-OH is 2. The molecule has 222 valence electrons. The van der Waals surface area contributed by atoms with Gasteiger partial charge in [-0.05, 0) is 30.7 Å². The van der Waals surface area contributed by atoms with Crippen molar-refractivity contribution in [1.29, 1.82) is 0 Å². The number of H-pyrrole nitrogens is 1. The number of carbonyl (C=O) groups excluding carboxylic acids is 1. The molecule has 0 aliphatic carbocycles. The number of hydrogen-bond donors (Lipinski definition) is 3. The van der Waals surface area contributed by atoms with E-state index < -0.39 is 62.1 Å². The van der Waals surface area contributed by atoms with Crippen LogP contribution in [0.25, 0.3) is 0 Å². The molecule has 1 aliphatic heterocycles. The number of para-hydroxylation sites is 2. The minimum atomic E-state index is -2.74. The number of esters is 1. The van der Waals surface area contributed by atoms with Crippen LogP contribution in [0.15, 0.2) is 92.8 Å². The summed E-state index contributed by atoms with van der Waals surface area (Å²) in [6, 6.07) is 15.1. The lowest BCUT2D eigenvalue weighted by molar-refractivity contribution is -0.169. The molecule has 0 spiro atoms. The quantitative estimate of drug-likeness (QED) is 0.211. The summed E-state index contributed by atoms with van der Waals surface area (Å²) in [5, 5.41) is 21.6. The molecule has 13 nitrogen and oxygen atoms in total. The number of hydrogen-bond acceptors (Lipinski definition) is 11. The van der Waals surface area contributed by atoms with Crippen molar-refractivity contribution in [2.24, 2.45) is 4.74 Å². The molecule has 1 unspecified atom stereocenters. The van der Waals surface area contributed by atoms with Crippen LogP contribution < -0.4 is 25.4 Å². The van der Waals surface area contributed by atoms with Gasteiger partial charge in [0.25, 0.3) is 5.56 Å². The fourth-order valence-electron chi connectivity index (χ4n) is 4.05. The predicted octanol–water partition coefficient (Wildman–Crippen LogP) is 1.72. The SMILES string of the molecule is C[C@H](N=[P+]([O-])Oc1ccccc1OC[C@@]1(C=CCl)O[C@@H](n2ccc(=O)[nH]c2=O)[C@H](O)[C@@H]1O)C(=O)OCc1ccccc1. The average molecular weight is 620 g/mol. The Bertz CT molecular complexity index is 1560. The van der Waals surface area contributed by atoms with Crippen molar-refractivity contribution in [3.05, 3.63) is 105 Å². The Balaban J connectivity index is 1.45. The molecule has 2 aromatic carbocycles. The fraction of sp³-hybridized carbons (Fsp3) is 0.296. The van der Waals surface area contributed by atoms with E-state index in [0.29, 0.717) is 0 Å². The largest absolute Gasteiger partial charge is 0.575 e. The van der Waals surface area contributed by atoms with E-state index >= 15 is 0 Å². The highest BCUT2D eigenvalue weighted by molar-refractivity contribution is 7.34. The van der Waals surface area contributed by atoms with Gasteiger partial charge in [-0.1, -0.05) is 58.8 Å². The van der Waals surface area contributed by atoms with Gasteiger partial charge in [0.1, 0.15) is 25.4 Å². The molecular weight excluding hydrogens is 593 g/mol. The Hall–Kier alpha value is -3.84. The van der Waals surface area contributed by atoms with Gasteiger partial charge >= 0.3 is 19.8 Å². The van der Waals surface area contributed by atoms with Gasteiger partial charge in [0.2, 0.25) is 5.75 Å². The summed E-state index contributed by atoms with van der Waals surface area (Å²) in [6.45, 7) is 1.01. The van der Waals surface area contributed by atoms with Gasteiger partial charge < -0.3 is 29.3 Å². The zero-order valence-electron chi connectivity index (χ0n) is 22.1. The van der Waals surface area contributed by atoms with Crippen molar-refractivity contribution < 1.29 is 38.6 Å². The normalized spacial score (nSPS) is 23.1. The molecule has 6 atom stereocenters. The number of aromatic nitrogens is 2. The minimum absolute atomic E-state index is 0.00124. The number of halogens is 1. The molecular formula is C27H27ClN3O10P. The van der Waals surface area contributed by atoms with E-state index in [1.54, 1.807) is 24.3 Å². The van der Waals surface area contributed by atoms with Gasteiger partial charge in [0.05, 0.1) is 0 Å². The Morgan fingerprint density at radius 3 is 2.57 bits per heavy atom. The van der Waals surface area contributed by atoms with Gasteiger partial charge in [0.15, 0.2) is 23.6 Å². The number of nitrogens with zero attached hydrogens (tertiary/aromatic N) is 2. The number of aromatic amines is 1. The molecule has 3 aromatic rings. The Labute approximate surface area is 245 Å². The number of nitrogens with one attached hydrogen (secondary N) is 1.